The minimum Gasteiger partial charge on any atom is -0.298 e. The summed E-state index contributed by atoms with van der Waals surface area (Å²) in [7, 11) is -3.30. The number of sulfone groups is 1. The summed E-state index contributed by atoms with van der Waals surface area (Å²) in [6, 6.07) is 6.57. The fourth-order valence-corrected chi connectivity index (χ4v) is 5.36. The molecule has 0 aliphatic heterocycles. The smallest absolute Gasteiger partial charge is 0.298 e. The van der Waals surface area contributed by atoms with Gasteiger partial charge in [-0.15, -0.1) is 0 Å². The zero-order valence-electron chi connectivity index (χ0n) is 20.0. The molecule has 0 N–H and O–H groups in total. The summed E-state index contributed by atoms with van der Waals surface area (Å²) in [4.78, 5) is 29.1. The Kier molecular flexibility index (Phi) is 6.72. The van der Waals surface area contributed by atoms with Gasteiger partial charge in [0.15, 0.2) is 15.5 Å². The number of Topliss-reactive ketones (excluding diaryl/α,β-unsaturated/α-hetero) is 1. The molecule has 2 aromatic heterocycles. The number of aromatic nitrogens is 4. The zero-order valence-corrected chi connectivity index (χ0v) is 20.8. The van der Waals surface area contributed by atoms with E-state index >= 15 is 0 Å². The van der Waals surface area contributed by atoms with Crippen LogP contribution >= 0.6 is 0 Å². The second-order valence-electron chi connectivity index (χ2n) is 9.52. The number of nitrogens with zero attached hydrogens (tertiary/aromatic N) is 4. The first-order valence-electron chi connectivity index (χ1n) is 11.3. The second-order valence-corrected chi connectivity index (χ2v) is 11.8. The SMILES string of the molecule is Cc1cc(-c2cncc(C(F)(F)F)n2)ccc1CC(=O)C(C)(C)c1ccnc(CS(=O)(=O)C2CC2)n1. The molecule has 1 aliphatic rings. The van der Waals surface area contributed by atoms with Gasteiger partial charge in [-0.3, -0.25) is 9.78 Å². The van der Waals surface area contributed by atoms with E-state index < -0.39 is 27.1 Å². The van der Waals surface area contributed by atoms with Crippen molar-refractivity contribution >= 4 is 15.6 Å². The summed E-state index contributed by atoms with van der Waals surface area (Å²) in [5.41, 5.74) is 0.306. The molecule has 0 bridgehead atoms. The van der Waals surface area contributed by atoms with Crippen molar-refractivity contribution < 1.29 is 26.4 Å². The van der Waals surface area contributed by atoms with Crippen LogP contribution in [0.25, 0.3) is 11.3 Å². The van der Waals surface area contributed by atoms with Gasteiger partial charge < -0.3 is 0 Å². The summed E-state index contributed by atoms with van der Waals surface area (Å²) in [5, 5.41) is -0.327. The third-order valence-electron chi connectivity index (χ3n) is 6.32. The van der Waals surface area contributed by atoms with Crippen molar-refractivity contribution in [1.82, 2.24) is 19.9 Å². The maximum absolute atomic E-state index is 13.3. The molecule has 1 saturated carbocycles. The summed E-state index contributed by atoms with van der Waals surface area (Å²) in [6.07, 6.45) is 0.172. The molecule has 1 aliphatic carbocycles. The fourth-order valence-electron chi connectivity index (χ4n) is 3.77. The molecule has 0 spiro atoms. The molecule has 36 heavy (non-hydrogen) atoms. The first-order chi connectivity index (χ1) is 16.8. The minimum absolute atomic E-state index is 0.0626. The van der Waals surface area contributed by atoms with Gasteiger partial charge in [-0.25, -0.2) is 23.4 Å². The number of aryl methyl sites for hydroxylation is 1. The van der Waals surface area contributed by atoms with E-state index in [1.807, 2.05) is 0 Å². The highest BCUT2D eigenvalue weighted by Gasteiger charge is 2.37. The number of hydrogen-bond donors (Lipinski definition) is 0. The van der Waals surface area contributed by atoms with Crippen LogP contribution in [0.1, 0.15) is 55.0 Å². The van der Waals surface area contributed by atoms with Crippen LogP contribution in [-0.4, -0.2) is 39.4 Å². The highest BCUT2D eigenvalue weighted by atomic mass is 32.2. The number of benzene rings is 1. The Morgan fingerprint density at radius 2 is 1.78 bits per heavy atom. The quantitative estimate of drug-likeness (QED) is 0.435. The lowest BCUT2D eigenvalue weighted by Gasteiger charge is -2.23. The van der Waals surface area contributed by atoms with Gasteiger partial charge in [-0.1, -0.05) is 12.1 Å². The lowest BCUT2D eigenvalue weighted by Crippen LogP contribution is -2.32. The Morgan fingerprint density at radius 3 is 2.42 bits per heavy atom. The van der Waals surface area contributed by atoms with E-state index in [4.69, 9.17) is 0 Å². The average molecular weight is 519 g/mol. The maximum atomic E-state index is 13.3. The fraction of sp³-hybridized carbons (Fsp3) is 0.400. The summed E-state index contributed by atoms with van der Waals surface area (Å²) in [5.74, 6) is -0.232. The summed E-state index contributed by atoms with van der Waals surface area (Å²) in [6.45, 7) is 5.21. The van der Waals surface area contributed by atoms with E-state index in [2.05, 4.69) is 19.9 Å². The Morgan fingerprint density at radius 1 is 1.06 bits per heavy atom. The molecule has 190 valence electrons. The second kappa shape index (κ2) is 9.34. The standard InChI is InChI=1S/C25H25F3N4O3S/c1-15-10-17(19-12-29-13-21(31-19)25(26,27)28)5-4-16(15)11-22(33)24(2,3)20-8-9-30-23(32-20)14-36(34,35)18-6-7-18/h4-5,8-10,12-13,18H,6-7,11,14H2,1-3H3. The Balaban J connectivity index is 1.52. The van der Waals surface area contributed by atoms with Crippen molar-refractivity contribution in [2.24, 2.45) is 0 Å². The zero-order chi connectivity index (χ0) is 26.3. The first-order valence-corrected chi connectivity index (χ1v) is 13.1. The van der Waals surface area contributed by atoms with Gasteiger partial charge >= 0.3 is 6.18 Å². The molecule has 0 radical (unpaired) electrons. The highest BCUT2D eigenvalue weighted by molar-refractivity contribution is 7.91. The molecule has 0 atom stereocenters. The number of alkyl halides is 3. The lowest BCUT2D eigenvalue weighted by molar-refractivity contribution is -0.141. The third-order valence-corrected chi connectivity index (χ3v) is 8.47. The normalized spacial score (nSPS) is 14.6. The Bertz CT molecular complexity index is 1420. The molecule has 11 heteroatoms. The Hall–Kier alpha value is -3.21. The van der Waals surface area contributed by atoms with Crippen molar-refractivity contribution in [2.75, 3.05) is 0 Å². The number of ketones is 1. The number of carbonyl (C=O) groups is 1. The van der Waals surface area contributed by atoms with Crippen molar-refractivity contribution in [3.63, 3.8) is 0 Å². The van der Waals surface area contributed by atoms with Crippen molar-refractivity contribution in [3.8, 4) is 11.3 Å². The van der Waals surface area contributed by atoms with Crippen LogP contribution in [0.5, 0.6) is 0 Å². The molecular weight excluding hydrogens is 493 g/mol. The molecule has 1 fully saturated rings. The van der Waals surface area contributed by atoms with E-state index in [0.717, 1.165) is 5.56 Å². The van der Waals surface area contributed by atoms with Crippen LogP contribution in [-0.2, 0) is 38.4 Å². The van der Waals surface area contributed by atoms with Gasteiger partial charge in [0.1, 0.15) is 17.4 Å². The molecule has 2 heterocycles. The number of rotatable bonds is 8. The van der Waals surface area contributed by atoms with Gasteiger partial charge in [0.2, 0.25) is 0 Å². The summed E-state index contributed by atoms with van der Waals surface area (Å²) < 4.78 is 63.6. The van der Waals surface area contributed by atoms with E-state index in [-0.39, 0.29) is 34.7 Å². The lowest BCUT2D eigenvalue weighted by atomic mass is 9.81. The van der Waals surface area contributed by atoms with Crippen LogP contribution < -0.4 is 0 Å². The van der Waals surface area contributed by atoms with Crippen LogP contribution in [0, 0.1) is 6.92 Å². The monoisotopic (exact) mass is 518 g/mol. The third kappa shape index (κ3) is 5.61. The van der Waals surface area contributed by atoms with Gasteiger partial charge in [-0.2, -0.15) is 13.2 Å². The number of carbonyl (C=O) groups excluding carboxylic acids is 1. The van der Waals surface area contributed by atoms with Crippen LogP contribution in [0.2, 0.25) is 0 Å². The predicted molar refractivity (Wildman–Crippen MR) is 127 cm³/mol. The van der Waals surface area contributed by atoms with E-state index in [1.54, 1.807) is 45.0 Å². The molecule has 3 aromatic rings. The number of halogens is 3. The van der Waals surface area contributed by atoms with Crippen LogP contribution in [0.3, 0.4) is 0 Å². The largest absolute Gasteiger partial charge is 0.434 e. The van der Waals surface area contributed by atoms with Crippen molar-refractivity contribution in [2.45, 2.75) is 62.6 Å². The van der Waals surface area contributed by atoms with Crippen molar-refractivity contribution in [3.05, 3.63) is 71.2 Å². The van der Waals surface area contributed by atoms with Gasteiger partial charge in [0, 0.05) is 18.2 Å². The molecule has 7 nitrogen and oxygen atoms in total. The summed E-state index contributed by atoms with van der Waals surface area (Å²) >= 11 is 0. The average Bonchev–Trinajstić information content (AvgIpc) is 3.66. The molecule has 0 unspecified atom stereocenters. The van der Waals surface area contributed by atoms with Gasteiger partial charge in [-0.05, 0) is 56.9 Å². The highest BCUT2D eigenvalue weighted by Crippen LogP contribution is 2.32. The predicted octanol–water partition coefficient (Wildman–Crippen LogP) is 4.43. The molecule has 0 amide bonds. The Labute approximate surface area is 207 Å². The molecule has 1 aromatic carbocycles. The van der Waals surface area contributed by atoms with Crippen molar-refractivity contribution in [1.29, 1.82) is 0 Å². The maximum Gasteiger partial charge on any atom is 0.434 e. The van der Waals surface area contributed by atoms with Gasteiger partial charge in [0.25, 0.3) is 0 Å². The topological polar surface area (TPSA) is 103 Å². The minimum atomic E-state index is -4.60. The first kappa shape index (κ1) is 25.9. The molecule has 0 saturated heterocycles. The van der Waals surface area contributed by atoms with E-state index in [1.165, 1.54) is 12.4 Å². The molecular formula is C25H25F3N4O3S. The molecule has 4 rings (SSSR count). The van der Waals surface area contributed by atoms with E-state index in [0.29, 0.717) is 35.9 Å². The van der Waals surface area contributed by atoms with Gasteiger partial charge in [0.05, 0.1) is 34.4 Å². The van der Waals surface area contributed by atoms with Crippen LogP contribution in [0.4, 0.5) is 13.2 Å². The number of hydrogen-bond acceptors (Lipinski definition) is 7. The van der Waals surface area contributed by atoms with E-state index in [9.17, 15) is 26.4 Å². The van der Waals surface area contributed by atoms with Crippen LogP contribution in [0.15, 0.2) is 42.9 Å².